The van der Waals surface area contributed by atoms with Crippen molar-refractivity contribution in [3.63, 3.8) is 0 Å². The van der Waals surface area contributed by atoms with E-state index in [2.05, 4.69) is 22.3 Å². The normalized spacial score (nSPS) is 16.3. The average molecular weight is 386 g/mol. The summed E-state index contributed by atoms with van der Waals surface area (Å²) in [6, 6.07) is 14.0. The summed E-state index contributed by atoms with van der Waals surface area (Å²) >= 11 is 5.59. The molecule has 1 saturated heterocycles. The second-order valence-corrected chi connectivity index (χ2v) is 7.15. The van der Waals surface area contributed by atoms with Crippen LogP contribution in [0.3, 0.4) is 0 Å². The second kappa shape index (κ2) is 8.02. The van der Waals surface area contributed by atoms with Crippen LogP contribution in [0.1, 0.15) is 5.56 Å². The number of ether oxygens (including phenoxy) is 3. The van der Waals surface area contributed by atoms with E-state index in [1.165, 1.54) is 5.56 Å². The number of thiocarbonyl (C=S) groups is 1. The lowest BCUT2D eigenvalue weighted by molar-refractivity contribution is -0.917. The standard InChI is InChI=1S/C20H23N3O3S/c1-24-17-4-2-3-16(12-17)21-20(27)23-9-7-22(8-10-23)13-15-5-6-18-19(11-15)26-14-25-18/h2-6,11-12H,7-10,13-14H2,1H3,(H,21,27)/p+1. The lowest BCUT2D eigenvalue weighted by Crippen LogP contribution is -3.13. The molecule has 2 aromatic rings. The van der Waals surface area contributed by atoms with Crippen LogP contribution in [-0.2, 0) is 6.54 Å². The van der Waals surface area contributed by atoms with E-state index < -0.39 is 0 Å². The molecule has 2 aliphatic rings. The van der Waals surface area contributed by atoms with Crippen LogP contribution < -0.4 is 24.4 Å². The Labute approximate surface area is 164 Å². The van der Waals surface area contributed by atoms with Crippen LogP contribution in [-0.4, -0.2) is 50.1 Å². The Kier molecular flexibility index (Phi) is 5.31. The number of nitrogens with one attached hydrogen (secondary N) is 2. The molecule has 0 aliphatic carbocycles. The van der Waals surface area contributed by atoms with Crippen molar-refractivity contribution in [3.05, 3.63) is 48.0 Å². The van der Waals surface area contributed by atoms with Gasteiger partial charge in [0.05, 0.1) is 33.3 Å². The third kappa shape index (κ3) is 4.26. The Morgan fingerprint density at radius 1 is 1.15 bits per heavy atom. The molecule has 1 fully saturated rings. The summed E-state index contributed by atoms with van der Waals surface area (Å²) in [6.45, 7) is 5.29. The molecular formula is C20H24N3O3S+. The molecule has 2 aromatic carbocycles. The van der Waals surface area contributed by atoms with E-state index in [9.17, 15) is 0 Å². The highest BCUT2D eigenvalue weighted by atomic mass is 32.1. The van der Waals surface area contributed by atoms with Crippen molar-refractivity contribution in [1.82, 2.24) is 4.90 Å². The molecular weight excluding hydrogens is 362 g/mol. The van der Waals surface area contributed by atoms with Gasteiger partial charge in [-0.1, -0.05) is 6.07 Å². The number of piperazine rings is 1. The van der Waals surface area contributed by atoms with Gasteiger partial charge in [-0.15, -0.1) is 0 Å². The van der Waals surface area contributed by atoms with Gasteiger partial charge < -0.3 is 29.3 Å². The predicted octanol–water partition coefficient (Wildman–Crippen LogP) is 1.52. The second-order valence-electron chi connectivity index (χ2n) is 6.76. The van der Waals surface area contributed by atoms with E-state index in [1.54, 1.807) is 12.0 Å². The molecule has 2 heterocycles. The molecule has 7 heteroatoms. The molecule has 0 amide bonds. The minimum atomic E-state index is 0.321. The van der Waals surface area contributed by atoms with E-state index in [4.69, 9.17) is 26.4 Å². The first-order valence-electron chi connectivity index (χ1n) is 9.13. The molecule has 27 heavy (non-hydrogen) atoms. The van der Waals surface area contributed by atoms with Gasteiger partial charge in [0.1, 0.15) is 12.3 Å². The maximum atomic E-state index is 5.59. The largest absolute Gasteiger partial charge is 0.497 e. The summed E-state index contributed by atoms with van der Waals surface area (Å²) in [4.78, 5) is 3.78. The highest BCUT2D eigenvalue weighted by Gasteiger charge is 2.23. The van der Waals surface area contributed by atoms with Crippen LogP contribution in [0.25, 0.3) is 0 Å². The molecule has 6 nitrogen and oxygen atoms in total. The summed E-state index contributed by atoms with van der Waals surface area (Å²) in [5, 5.41) is 4.09. The zero-order valence-electron chi connectivity index (χ0n) is 15.4. The fraction of sp³-hybridized carbons (Fsp3) is 0.350. The number of anilines is 1. The number of nitrogens with zero attached hydrogens (tertiary/aromatic N) is 1. The van der Waals surface area contributed by atoms with E-state index in [1.807, 2.05) is 30.3 Å². The summed E-state index contributed by atoms with van der Waals surface area (Å²) in [7, 11) is 1.67. The molecule has 2 aliphatic heterocycles. The molecule has 0 bridgehead atoms. The van der Waals surface area contributed by atoms with Crippen molar-refractivity contribution in [3.8, 4) is 17.2 Å². The highest BCUT2D eigenvalue weighted by Crippen LogP contribution is 2.32. The molecule has 0 saturated carbocycles. The zero-order valence-corrected chi connectivity index (χ0v) is 16.2. The molecule has 0 radical (unpaired) electrons. The van der Waals surface area contributed by atoms with Crippen LogP contribution in [0.5, 0.6) is 17.2 Å². The van der Waals surface area contributed by atoms with E-state index in [-0.39, 0.29) is 0 Å². The van der Waals surface area contributed by atoms with Gasteiger partial charge in [-0.25, -0.2) is 0 Å². The van der Waals surface area contributed by atoms with Crippen molar-refractivity contribution in [2.24, 2.45) is 0 Å². The Morgan fingerprint density at radius 2 is 1.96 bits per heavy atom. The minimum Gasteiger partial charge on any atom is -0.497 e. The Bertz CT molecular complexity index is 822. The van der Waals surface area contributed by atoms with Gasteiger partial charge >= 0.3 is 0 Å². The van der Waals surface area contributed by atoms with Crippen LogP contribution in [0.15, 0.2) is 42.5 Å². The highest BCUT2D eigenvalue weighted by molar-refractivity contribution is 7.80. The van der Waals surface area contributed by atoms with Crippen molar-refractivity contribution in [1.29, 1.82) is 0 Å². The first-order chi connectivity index (χ1) is 13.2. The minimum absolute atomic E-state index is 0.321. The molecule has 142 valence electrons. The van der Waals surface area contributed by atoms with Gasteiger partial charge in [-0.2, -0.15) is 0 Å². The molecule has 2 N–H and O–H groups in total. The van der Waals surface area contributed by atoms with Crippen LogP contribution in [0.2, 0.25) is 0 Å². The predicted molar refractivity (Wildman–Crippen MR) is 108 cm³/mol. The summed E-state index contributed by atoms with van der Waals surface area (Å²) in [5.41, 5.74) is 2.23. The third-order valence-corrected chi connectivity index (χ3v) is 5.33. The molecule has 4 rings (SSSR count). The molecule has 0 spiro atoms. The number of methoxy groups -OCH3 is 1. The van der Waals surface area contributed by atoms with Gasteiger partial charge in [-0.3, -0.25) is 0 Å². The fourth-order valence-electron chi connectivity index (χ4n) is 3.45. The Hall–Kier alpha value is -2.51. The number of benzene rings is 2. The number of hydrogen-bond acceptors (Lipinski definition) is 4. The lowest BCUT2D eigenvalue weighted by atomic mass is 10.1. The Morgan fingerprint density at radius 3 is 2.78 bits per heavy atom. The first-order valence-corrected chi connectivity index (χ1v) is 9.54. The topological polar surface area (TPSA) is 47.4 Å². The summed E-state index contributed by atoms with van der Waals surface area (Å²) in [5.74, 6) is 2.52. The smallest absolute Gasteiger partial charge is 0.231 e. The molecule has 0 unspecified atom stereocenters. The third-order valence-electron chi connectivity index (χ3n) is 4.97. The van der Waals surface area contributed by atoms with Crippen LogP contribution in [0, 0.1) is 0 Å². The summed E-state index contributed by atoms with van der Waals surface area (Å²) < 4.78 is 16.1. The quantitative estimate of drug-likeness (QED) is 0.777. The van der Waals surface area contributed by atoms with Gasteiger partial charge in [0.25, 0.3) is 0 Å². The van der Waals surface area contributed by atoms with Gasteiger partial charge in [0.2, 0.25) is 6.79 Å². The van der Waals surface area contributed by atoms with Crippen molar-refractivity contribution in [2.75, 3.05) is 45.4 Å². The first kappa shape index (κ1) is 17.9. The Balaban J connectivity index is 1.28. The van der Waals surface area contributed by atoms with E-state index in [0.717, 1.165) is 60.8 Å². The van der Waals surface area contributed by atoms with Crippen molar-refractivity contribution >= 4 is 23.0 Å². The van der Waals surface area contributed by atoms with Crippen LogP contribution in [0.4, 0.5) is 5.69 Å². The lowest BCUT2D eigenvalue weighted by Gasteiger charge is -2.34. The number of hydrogen-bond donors (Lipinski definition) is 2. The number of fused-ring (bicyclic) bond motifs is 1. The van der Waals surface area contributed by atoms with Gasteiger partial charge in [-0.05, 0) is 42.5 Å². The summed E-state index contributed by atoms with van der Waals surface area (Å²) in [6.07, 6.45) is 0. The fourth-order valence-corrected chi connectivity index (χ4v) is 3.75. The zero-order chi connectivity index (χ0) is 18.6. The van der Waals surface area contributed by atoms with Crippen molar-refractivity contribution < 1.29 is 19.1 Å². The van der Waals surface area contributed by atoms with E-state index in [0.29, 0.717) is 6.79 Å². The average Bonchev–Trinajstić information content (AvgIpc) is 3.16. The van der Waals surface area contributed by atoms with Crippen LogP contribution >= 0.6 is 12.2 Å². The molecule has 0 aromatic heterocycles. The maximum absolute atomic E-state index is 5.59. The number of rotatable bonds is 4. The maximum Gasteiger partial charge on any atom is 0.231 e. The molecule has 0 atom stereocenters. The van der Waals surface area contributed by atoms with E-state index >= 15 is 0 Å². The van der Waals surface area contributed by atoms with Crippen molar-refractivity contribution in [2.45, 2.75) is 6.54 Å². The monoisotopic (exact) mass is 386 g/mol. The van der Waals surface area contributed by atoms with Gasteiger partial charge in [0.15, 0.2) is 16.6 Å². The van der Waals surface area contributed by atoms with Gasteiger partial charge in [0, 0.05) is 17.3 Å². The SMILES string of the molecule is COc1cccc(NC(=S)N2CC[NH+](Cc3ccc4c(c3)OCO4)CC2)c1. The number of quaternary nitrogens is 1.